The minimum atomic E-state index is 1.19. The van der Waals surface area contributed by atoms with Crippen molar-refractivity contribution in [3.8, 4) is 0 Å². The van der Waals surface area contributed by atoms with Crippen molar-refractivity contribution in [2.75, 3.05) is 24.6 Å². The lowest BCUT2D eigenvalue weighted by Gasteiger charge is -2.24. The van der Waals surface area contributed by atoms with Crippen molar-refractivity contribution in [3.63, 3.8) is 0 Å². The van der Waals surface area contributed by atoms with Gasteiger partial charge in [-0.25, -0.2) is 0 Å². The Morgan fingerprint density at radius 2 is 1.79 bits per heavy atom. The summed E-state index contributed by atoms with van der Waals surface area (Å²) in [7, 11) is 0. The SMILES string of the molecule is C(=C\N1CCSCC1)/c1ccccc1. The highest BCUT2D eigenvalue weighted by Gasteiger charge is 2.04. The zero-order chi connectivity index (χ0) is 9.64. The Labute approximate surface area is 89.8 Å². The molecule has 0 atom stereocenters. The third kappa shape index (κ3) is 2.81. The van der Waals surface area contributed by atoms with Crippen molar-refractivity contribution >= 4 is 17.8 Å². The van der Waals surface area contributed by atoms with Gasteiger partial charge in [-0.05, 0) is 17.8 Å². The largest absolute Gasteiger partial charge is 0.376 e. The zero-order valence-electron chi connectivity index (χ0n) is 8.23. The summed E-state index contributed by atoms with van der Waals surface area (Å²) in [5.41, 5.74) is 1.28. The first-order valence-electron chi connectivity index (χ1n) is 5.00. The average molecular weight is 205 g/mol. The molecule has 0 spiro atoms. The Hall–Kier alpha value is -0.890. The van der Waals surface area contributed by atoms with Gasteiger partial charge in [0.2, 0.25) is 0 Å². The molecule has 1 nitrogen and oxygen atoms in total. The molecule has 1 fully saturated rings. The molecule has 0 saturated carbocycles. The van der Waals surface area contributed by atoms with Crippen molar-refractivity contribution in [1.29, 1.82) is 0 Å². The molecule has 74 valence electrons. The standard InChI is InChI=1S/C12H15NS/c1-2-4-12(5-3-1)6-7-13-8-10-14-11-9-13/h1-7H,8-11H2/b7-6+. The Balaban J connectivity index is 1.93. The van der Waals surface area contributed by atoms with Gasteiger partial charge in [-0.15, -0.1) is 0 Å². The van der Waals surface area contributed by atoms with E-state index < -0.39 is 0 Å². The fourth-order valence-electron chi connectivity index (χ4n) is 1.48. The molecule has 14 heavy (non-hydrogen) atoms. The van der Waals surface area contributed by atoms with E-state index in [0.717, 1.165) is 0 Å². The molecular weight excluding hydrogens is 190 g/mol. The first-order valence-corrected chi connectivity index (χ1v) is 6.16. The Kier molecular flexibility index (Phi) is 3.52. The van der Waals surface area contributed by atoms with Crippen LogP contribution in [0.4, 0.5) is 0 Å². The van der Waals surface area contributed by atoms with E-state index in [1.54, 1.807) is 0 Å². The maximum absolute atomic E-state index is 2.39. The van der Waals surface area contributed by atoms with Crippen molar-refractivity contribution in [2.45, 2.75) is 0 Å². The molecule has 2 heteroatoms. The van der Waals surface area contributed by atoms with Crippen LogP contribution in [0.15, 0.2) is 36.5 Å². The predicted octanol–water partition coefficient (Wildman–Crippen LogP) is 2.71. The second-order valence-electron chi connectivity index (χ2n) is 3.37. The van der Waals surface area contributed by atoms with E-state index in [4.69, 9.17) is 0 Å². The summed E-state index contributed by atoms with van der Waals surface area (Å²) >= 11 is 2.04. The summed E-state index contributed by atoms with van der Waals surface area (Å²) < 4.78 is 0. The molecule has 1 aromatic rings. The molecule has 2 rings (SSSR count). The molecule has 1 aromatic carbocycles. The molecule has 1 aliphatic rings. The topological polar surface area (TPSA) is 3.24 Å². The smallest absolute Gasteiger partial charge is 0.0263 e. The summed E-state index contributed by atoms with van der Waals surface area (Å²) in [5, 5.41) is 0. The van der Waals surface area contributed by atoms with Crippen LogP contribution in [0.1, 0.15) is 5.56 Å². The molecular formula is C12H15NS. The van der Waals surface area contributed by atoms with Crippen LogP contribution in [-0.4, -0.2) is 29.5 Å². The highest BCUT2D eigenvalue weighted by Crippen LogP contribution is 2.10. The van der Waals surface area contributed by atoms with Crippen molar-refractivity contribution in [1.82, 2.24) is 4.90 Å². The van der Waals surface area contributed by atoms with Crippen LogP contribution in [-0.2, 0) is 0 Å². The van der Waals surface area contributed by atoms with E-state index >= 15 is 0 Å². The van der Waals surface area contributed by atoms with Crippen LogP contribution in [0, 0.1) is 0 Å². The highest BCUT2D eigenvalue weighted by molar-refractivity contribution is 7.99. The number of nitrogens with zero attached hydrogens (tertiary/aromatic N) is 1. The Morgan fingerprint density at radius 1 is 1.07 bits per heavy atom. The number of benzene rings is 1. The minimum Gasteiger partial charge on any atom is -0.376 e. The van der Waals surface area contributed by atoms with Gasteiger partial charge in [-0.1, -0.05) is 30.3 Å². The van der Waals surface area contributed by atoms with E-state index in [0.29, 0.717) is 0 Å². The van der Waals surface area contributed by atoms with Crippen molar-refractivity contribution in [3.05, 3.63) is 42.1 Å². The van der Waals surface area contributed by atoms with Crippen LogP contribution in [0.5, 0.6) is 0 Å². The van der Waals surface area contributed by atoms with Crippen LogP contribution in [0.2, 0.25) is 0 Å². The summed E-state index contributed by atoms with van der Waals surface area (Å²) in [4.78, 5) is 2.39. The van der Waals surface area contributed by atoms with Crippen LogP contribution < -0.4 is 0 Å². The van der Waals surface area contributed by atoms with Crippen LogP contribution in [0.25, 0.3) is 6.08 Å². The fraction of sp³-hybridized carbons (Fsp3) is 0.333. The highest BCUT2D eigenvalue weighted by atomic mass is 32.2. The minimum absolute atomic E-state index is 1.19. The molecule has 1 saturated heterocycles. The monoisotopic (exact) mass is 205 g/mol. The lowest BCUT2D eigenvalue weighted by Crippen LogP contribution is -2.27. The third-order valence-corrected chi connectivity index (χ3v) is 3.27. The lowest BCUT2D eigenvalue weighted by molar-refractivity contribution is 0.419. The maximum Gasteiger partial charge on any atom is 0.0263 e. The van der Waals surface area contributed by atoms with Gasteiger partial charge in [0.1, 0.15) is 0 Å². The van der Waals surface area contributed by atoms with Crippen LogP contribution >= 0.6 is 11.8 Å². The average Bonchev–Trinajstić information content (AvgIpc) is 2.29. The lowest BCUT2D eigenvalue weighted by atomic mass is 10.2. The molecule has 0 radical (unpaired) electrons. The molecule has 0 aliphatic carbocycles. The molecule has 1 heterocycles. The molecule has 0 aromatic heterocycles. The van der Waals surface area contributed by atoms with Gasteiger partial charge >= 0.3 is 0 Å². The van der Waals surface area contributed by atoms with Gasteiger partial charge in [0, 0.05) is 24.6 Å². The quantitative estimate of drug-likeness (QED) is 0.730. The number of rotatable bonds is 2. The number of hydrogen-bond donors (Lipinski definition) is 0. The fourth-order valence-corrected chi connectivity index (χ4v) is 2.41. The van der Waals surface area contributed by atoms with Crippen molar-refractivity contribution in [2.24, 2.45) is 0 Å². The van der Waals surface area contributed by atoms with Gasteiger partial charge in [0.15, 0.2) is 0 Å². The summed E-state index contributed by atoms with van der Waals surface area (Å²) in [6, 6.07) is 10.5. The summed E-state index contributed by atoms with van der Waals surface area (Å²) in [6.07, 6.45) is 4.41. The summed E-state index contributed by atoms with van der Waals surface area (Å²) in [6.45, 7) is 2.38. The molecule has 0 amide bonds. The second-order valence-corrected chi connectivity index (χ2v) is 4.60. The van der Waals surface area contributed by atoms with Crippen LogP contribution in [0.3, 0.4) is 0 Å². The van der Waals surface area contributed by atoms with Gasteiger partial charge < -0.3 is 4.90 Å². The predicted molar refractivity (Wildman–Crippen MR) is 64.4 cm³/mol. The first-order chi connectivity index (χ1) is 6.95. The van der Waals surface area contributed by atoms with Gasteiger partial charge in [0.25, 0.3) is 0 Å². The molecule has 1 aliphatic heterocycles. The number of thioether (sulfide) groups is 1. The van der Waals surface area contributed by atoms with Gasteiger partial charge in [0.05, 0.1) is 0 Å². The van der Waals surface area contributed by atoms with E-state index in [1.165, 1.54) is 30.2 Å². The number of hydrogen-bond acceptors (Lipinski definition) is 2. The summed E-state index contributed by atoms with van der Waals surface area (Å²) in [5.74, 6) is 2.53. The Morgan fingerprint density at radius 3 is 2.50 bits per heavy atom. The molecule has 0 N–H and O–H groups in total. The van der Waals surface area contributed by atoms with Crippen molar-refractivity contribution < 1.29 is 0 Å². The second kappa shape index (κ2) is 5.11. The van der Waals surface area contributed by atoms with E-state index in [9.17, 15) is 0 Å². The van der Waals surface area contributed by atoms with E-state index in [2.05, 4.69) is 47.5 Å². The van der Waals surface area contributed by atoms with E-state index in [-0.39, 0.29) is 0 Å². The first kappa shape index (κ1) is 9.66. The maximum atomic E-state index is 2.39. The third-order valence-electron chi connectivity index (χ3n) is 2.32. The normalized spacial score (nSPS) is 17.6. The van der Waals surface area contributed by atoms with E-state index in [1.807, 2.05) is 11.8 Å². The van der Waals surface area contributed by atoms with Gasteiger partial charge in [-0.2, -0.15) is 11.8 Å². The zero-order valence-corrected chi connectivity index (χ0v) is 9.04. The molecule has 0 bridgehead atoms. The Bertz CT molecular complexity index is 288. The van der Waals surface area contributed by atoms with Gasteiger partial charge in [-0.3, -0.25) is 0 Å². The molecule has 0 unspecified atom stereocenters.